The van der Waals surface area contributed by atoms with Crippen LogP contribution in [0.5, 0.6) is 0 Å². The van der Waals surface area contributed by atoms with E-state index in [9.17, 15) is 14.3 Å². The van der Waals surface area contributed by atoms with Gasteiger partial charge < -0.3 is 23.2 Å². The molecule has 0 aliphatic carbocycles. The van der Waals surface area contributed by atoms with Crippen LogP contribution in [0.1, 0.15) is 110 Å². The van der Waals surface area contributed by atoms with Gasteiger partial charge in [0.25, 0.3) is 7.82 Å². The number of cyclic esters (lactones) is 1. The largest absolute Gasteiger partial charge is 0.756 e. The van der Waals surface area contributed by atoms with E-state index >= 15 is 0 Å². The zero-order valence-electron chi connectivity index (χ0n) is 24.0. The molecule has 0 aromatic heterocycles. The summed E-state index contributed by atoms with van der Waals surface area (Å²) < 4.78 is 29.0. The number of hydrogen-bond donors (Lipinski definition) is 0. The maximum Gasteiger partial charge on any atom is 0.308 e. The van der Waals surface area contributed by atoms with Crippen LogP contribution in [0.25, 0.3) is 0 Å². The molecule has 1 aliphatic heterocycles. The molecule has 0 N–H and O–H groups in total. The van der Waals surface area contributed by atoms with E-state index in [1.807, 2.05) is 34.1 Å². The molecule has 1 rings (SSSR count). The van der Waals surface area contributed by atoms with Crippen molar-refractivity contribution in [2.24, 2.45) is 0 Å². The summed E-state index contributed by atoms with van der Waals surface area (Å²) in [5, 5.41) is 0. The maximum absolute atomic E-state index is 12.6. The first-order chi connectivity index (χ1) is 17.6. The van der Waals surface area contributed by atoms with Crippen molar-refractivity contribution in [3.05, 3.63) is 24.3 Å². The van der Waals surface area contributed by atoms with Crippen LogP contribution in [0.4, 0.5) is 0 Å². The standard InChI is InChI=1S/C29H54NO6P/c1-27-22-20-18-16-14-12-10-8-6-5-7-9-11-13-15-17-19-21-23-28(26-29(31)35-27)36-37(32,33)34-25-24-30(2,3)4/h10,12,18,20,27-28H,5-9,11,13-17,19,21-26H2,1-4H3/b12-10+,20-18+/t27-,28+/m0/s1. The fourth-order valence-corrected chi connectivity index (χ4v) is 5.13. The van der Waals surface area contributed by atoms with Crippen LogP contribution in [-0.2, 0) is 23.1 Å². The van der Waals surface area contributed by atoms with E-state index in [0.29, 0.717) is 23.9 Å². The third kappa shape index (κ3) is 21.6. The number of carbonyl (C=O) groups is 1. The number of hydrogen-bond acceptors (Lipinski definition) is 6. The van der Waals surface area contributed by atoms with E-state index in [2.05, 4.69) is 18.2 Å². The van der Waals surface area contributed by atoms with Crippen molar-refractivity contribution in [3.8, 4) is 0 Å². The molecule has 37 heavy (non-hydrogen) atoms. The summed E-state index contributed by atoms with van der Waals surface area (Å²) in [4.78, 5) is 25.0. The van der Waals surface area contributed by atoms with Gasteiger partial charge in [0.15, 0.2) is 0 Å². The molecular weight excluding hydrogens is 489 g/mol. The molecule has 7 nitrogen and oxygen atoms in total. The summed E-state index contributed by atoms with van der Waals surface area (Å²) in [7, 11) is 1.37. The van der Waals surface area contributed by atoms with Crippen LogP contribution < -0.4 is 4.89 Å². The second kappa shape index (κ2) is 20.0. The summed E-state index contributed by atoms with van der Waals surface area (Å²) in [5.74, 6) is -0.436. The molecule has 1 heterocycles. The van der Waals surface area contributed by atoms with Gasteiger partial charge in [-0.15, -0.1) is 0 Å². The molecular formula is C29H54NO6P. The van der Waals surface area contributed by atoms with Gasteiger partial charge in [0.1, 0.15) is 19.3 Å². The van der Waals surface area contributed by atoms with Crippen molar-refractivity contribution >= 4 is 13.8 Å². The molecule has 0 saturated carbocycles. The minimum atomic E-state index is -4.51. The third-order valence-corrected chi connectivity index (χ3v) is 7.52. The van der Waals surface area contributed by atoms with Gasteiger partial charge in [-0.1, -0.05) is 82.1 Å². The highest BCUT2D eigenvalue weighted by Gasteiger charge is 2.23. The predicted molar refractivity (Wildman–Crippen MR) is 149 cm³/mol. The third-order valence-electron chi connectivity index (χ3n) is 6.46. The Balaban J connectivity index is 2.65. The molecule has 8 heteroatoms. The first-order valence-electron chi connectivity index (χ1n) is 14.5. The van der Waals surface area contributed by atoms with E-state index in [4.69, 9.17) is 13.8 Å². The zero-order valence-corrected chi connectivity index (χ0v) is 24.9. The lowest BCUT2D eigenvalue weighted by Gasteiger charge is -2.30. The van der Waals surface area contributed by atoms with E-state index in [-0.39, 0.29) is 19.1 Å². The molecule has 0 radical (unpaired) electrons. The first kappa shape index (κ1) is 34.0. The number of carbonyl (C=O) groups excluding carboxylic acids is 1. The van der Waals surface area contributed by atoms with Crippen molar-refractivity contribution in [1.29, 1.82) is 0 Å². The highest BCUT2D eigenvalue weighted by molar-refractivity contribution is 7.45. The fraction of sp³-hybridized carbons (Fsp3) is 0.828. The van der Waals surface area contributed by atoms with Gasteiger partial charge in [-0.3, -0.25) is 9.36 Å². The van der Waals surface area contributed by atoms with Crippen LogP contribution in [0.2, 0.25) is 0 Å². The van der Waals surface area contributed by atoms with Crippen molar-refractivity contribution in [2.45, 2.75) is 122 Å². The Bertz CT molecular complexity index is 703. The molecule has 1 aliphatic rings. The van der Waals surface area contributed by atoms with Crippen LogP contribution in [0.3, 0.4) is 0 Å². The molecule has 0 fully saturated rings. The monoisotopic (exact) mass is 543 g/mol. The highest BCUT2D eigenvalue weighted by atomic mass is 31.2. The Kier molecular flexibility index (Phi) is 18.4. The van der Waals surface area contributed by atoms with Gasteiger partial charge >= 0.3 is 5.97 Å². The van der Waals surface area contributed by atoms with Crippen molar-refractivity contribution in [1.82, 2.24) is 0 Å². The maximum atomic E-state index is 12.6. The van der Waals surface area contributed by atoms with Gasteiger partial charge in [-0.05, 0) is 39.0 Å². The molecule has 0 amide bonds. The lowest BCUT2D eigenvalue weighted by Crippen LogP contribution is -2.37. The summed E-state index contributed by atoms with van der Waals surface area (Å²) in [6, 6.07) is 0. The van der Waals surface area contributed by atoms with Gasteiger partial charge in [0.05, 0.1) is 33.7 Å². The Morgan fingerprint density at radius 1 is 0.892 bits per heavy atom. The molecule has 1 unspecified atom stereocenters. The number of likely N-dealkylation sites (N-methyl/N-ethyl adjacent to an activating group) is 1. The van der Waals surface area contributed by atoms with Crippen LogP contribution in [-0.4, -0.2) is 57.0 Å². The van der Waals surface area contributed by atoms with E-state index in [1.165, 1.54) is 51.4 Å². The van der Waals surface area contributed by atoms with E-state index in [0.717, 1.165) is 32.1 Å². The molecule has 216 valence electrons. The summed E-state index contributed by atoms with van der Waals surface area (Å²) in [5.41, 5.74) is 0. The Labute approximate surface area is 226 Å². The number of quaternary nitrogens is 1. The number of allylic oxidation sites excluding steroid dienone is 3. The fourth-order valence-electron chi connectivity index (χ4n) is 4.22. The second-order valence-electron chi connectivity index (χ2n) is 11.4. The molecule has 0 aromatic rings. The number of rotatable bonds is 6. The Morgan fingerprint density at radius 2 is 1.43 bits per heavy atom. The Hall–Kier alpha value is -0.980. The van der Waals surface area contributed by atoms with Crippen LogP contribution >= 0.6 is 7.82 Å². The average Bonchev–Trinajstić information content (AvgIpc) is 2.78. The van der Waals surface area contributed by atoms with Crippen LogP contribution in [0, 0.1) is 0 Å². The minimum Gasteiger partial charge on any atom is -0.756 e. The van der Waals surface area contributed by atoms with Crippen molar-refractivity contribution in [3.63, 3.8) is 0 Å². The molecule has 0 aromatic carbocycles. The van der Waals surface area contributed by atoms with E-state index in [1.54, 1.807) is 0 Å². The molecule has 0 saturated heterocycles. The second-order valence-corrected chi connectivity index (χ2v) is 12.8. The number of phosphoric acid groups is 1. The van der Waals surface area contributed by atoms with E-state index < -0.39 is 19.9 Å². The minimum absolute atomic E-state index is 0.0423. The predicted octanol–water partition coefficient (Wildman–Crippen LogP) is 6.86. The van der Waals surface area contributed by atoms with Gasteiger partial charge in [-0.2, -0.15) is 0 Å². The summed E-state index contributed by atoms with van der Waals surface area (Å²) in [6.07, 6.45) is 23.7. The van der Waals surface area contributed by atoms with Gasteiger partial charge in [0.2, 0.25) is 0 Å². The number of nitrogens with zero attached hydrogens (tertiary/aromatic N) is 1. The number of esters is 1. The topological polar surface area (TPSA) is 84.9 Å². The average molecular weight is 544 g/mol. The van der Waals surface area contributed by atoms with Gasteiger partial charge in [-0.25, -0.2) is 0 Å². The molecule has 0 bridgehead atoms. The smallest absolute Gasteiger partial charge is 0.308 e. The van der Waals surface area contributed by atoms with Gasteiger partial charge in [0, 0.05) is 6.42 Å². The summed E-state index contributed by atoms with van der Waals surface area (Å²) in [6.45, 7) is 2.43. The quantitative estimate of drug-likeness (QED) is 0.157. The van der Waals surface area contributed by atoms with Crippen LogP contribution in [0.15, 0.2) is 24.3 Å². The first-order valence-corrected chi connectivity index (χ1v) is 16.0. The molecule has 3 atom stereocenters. The number of ether oxygens (including phenoxy) is 1. The normalized spacial score (nSPS) is 26.8. The van der Waals surface area contributed by atoms with Crippen molar-refractivity contribution < 1.29 is 32.5 Å². The summed E-state index contributed by atoms with van der Waals surface area (Å²) >= 11 is 0. The van der Waals surface area contributed by atoms with Crippen molar-refractivity contribution in [2.75, 3.05) is 34.3 Å². The SMILES string of the molecule is C[C@H]1C/C=C/CC/C=C/CCCCCCCCCCCC[C@@H](OP(=O)([O-])OCC[N+](C)(C)C)CC(=O)O1. The highest BCUT2D eigenvalue weighted by Crippen LogP contribution is 2.41. The zero-order chi connectivity index (χ0) is 27.4. The lowest BCUT2D eigenvalue weighted by atomic mass is 10.0. The Morgan fingerprint density at radius 3 is 2.05 bits per heavy atom. The number of phosphoric ester groups is 1. The lowest BCUT2D eigenvalue weighted by molar-refractivity contribution is -0.870. The molecule has 0 spiro atoms.